The van der Waals surface area contributed by atoms with Crippen LogP contribution in [0.2, 0.25) is 0 Å². The van der Waals surface area contributed by atoms with E-state index in [1.54, 1.807) is 13.0 Å². The molecule has 4 heteroatoms. The van der Waals surface area contributed by atoms with Crippen LogP contribution in [0.4, 0.5) is 0 Å². The first-order valence-corrected chi connectivity index (χ1v) is 5.90. The first kappa shape index (κ1) is 13.2. The lowest BCUT2D eigenvalue weighted by Crippen LogP contribution is -2.40. The molecule has 0 amide bonds. The molecule has 0 bridgehead atoms. The van der Waals surface area contributed by atoms with E-state index < -0.39 is 5.97 Å². The number of carbonyl (C=O) groups is 1. The summed E-state index contributed by atoms with van der Waals surface area (Å²) in [6.45, 7) is 3.52. The van der Waals surface area contributed by atoms with Crippen LogP contribution < -0.4 is 0 Å². The molecule has 1 unspecified atom stereocenters. The molecule has 1 aliphatic heterocycles. The molecule has 0 saturated carbocycles. The molecular weight excluding hydrogens is 206 g/mol. The van der Waals surface area contributed by atoms with Gasteiger partial charge in [-0.3, -0.25) is 4.90 Å². The van der Waals surface area contributed by atoms with E-state index in [0.29, 0.717) is 18.2 Å². The largest absolute Gasteiger partial charge is 0.478 e. The van der Waals surface area contributed by atoms with Gasteiger partial charge < -0.3 is 10.2 Å². The fourth-order valence-electron chi connectivity index (χ4n) is 2.12. The molecule has 0 aromatic carbocycles. The average Bonchev–Trinajstić information content (AvgIpc) is 2.27. The molecule has 2 N–H and O–H groups in total. The van der Waals surface area contributed by atoms with Gasteiger partial charge in [0.15, 0.2) is 0 Å². The molecule has 0 aromatic rings. The van der Waals surface area contributed by atoms with Crippen molar-refractivity contribution < 1.29 is 15.0 Å². The minimum absolute atomic E-state index is 0.211. The minimum Gasteiger partial charge on any atom is -0.478 e. The molecule has 0 aromatic heterocycles. The van der Waals surface area contributed by atoms with Gasteiger partial charge in [0.05, 0.1) is 0 Å². The van der Waals surface area contributed by atoms with Crippen molar-refractivity contribution in [3.8, 4) is 0 Å². The lowest BCUT2D eigenvalue weighted by Gasteiger charge is -2.34. The Balaban J connectivity index is 2.49. The van der Waals surface area contributed by atoms with E-state index in [0.717, 1.165) is 19.4 Å². The maximum absolute atomic E-state index is 10.7. The molecule has 92 valence electrons. The van der Waals surface area contributed by atoms with E-state index in [1.165, 1.54) is 12.8 Å². The van der Waals surface area contributed by atoms with Crippen LogP contribution in [0, 0.1) is 0 Å². The number of aliphatic hydroxyl groups is 1. The van der Waals surface area contributed by atoms with Crippen molar-refractivity contribution in [2.45, 2.75) is 38.6 Å². The first-order valence-electron chi connectivity index (χ1n) is 5.90. The second-order valence-electron chi connectivity index (χ2n) is 4.35. The van der Waals surface area contributed by atoms with Gasteiger partial charge in [-0.05, 0) is 32.7 Å². The minimum atomic E-state index is -0.851. The molecule has 4 nitrogen and oxygen atoms in total. The van der Waals surface area contributed by atoms with Gasteiger partial charge in [0.25, 0.3) is 0 Å². The number of nitrogens with zero attached hydrogens (tertiary/aromatic N) is 1. The zero-order chi connectivity index (χ0) is 12.0. The zero-order valence-corrected chi connectivity index (χ0v) is 9.85. The maximum atomic E-state index is 10.7. The van der Waals surface area contributed by atoms with E-state index in [-0.39, 0.29) is 6.61 Å². The molecule has 16 heavy (non-hydrogen) atoms. The summed E-state index contributed by atoms with van der Waals surface area (Å²) < 4.78 is 0. The smallest absolute Gasteiger partial charge is 0.330 e. The van der Waals surface area contributed by atoms with Crippen LogP contribution in [-0.2, 0) is 4.79 Å². The van der Waals surface area contributed by atoms with Gasteiger partial charge in [-0.15, -0.1) is 0 Å². The number of aliphatic carboxylic acids is 1. The van der Waals surface area contributed by atoms with Gasteiger partial charge in [0.2, 0.25) is 0 Å². The summed E-state index contributed by atoms with van der Waals surface area (Å²) >= 11 is 0. The fourth-order valence-corrected chi connectivity index (χ4v) is 2.12. The van der Waals surface area contributed by atoms with Crippen molar-refractivity contribution in [1.29, 1.82) is 0 Å². The molecule has 0 aliphatic carbocycles. The molecule has 1 atom stereocenters. The molecule has 1 heterocycles. The van der Waals surface area contributed by atoms with E-state index in [4.69, 9.17) is 10.2 Å². The van der Waals surface area contributed by atoms with Crippen molar-refractivity contribution in [2.75, 3.05) is 19.7 Å². The Labute approximate surface area is 96.6 Å². The second kappa shape index (κ2) is 6.66. The Morgan fingerprint density at radius 1 is 1.50 bits per heavy atom. The molecular formula is C12H21NO3. The molecule has 0 radical (unpaired) electrons. The summed E-state index contributed by atoms with van der Waals surface area (Å²) in [6, 6.07) is 0.414. The average molecular weight is 227 g/mol. The van der Waals surface area contributed by atoms with Gasteiger partial charge in [-0.2, -0.15) is 0 Å². The summed E-state index contributed by atoms with van der Waals surface area (Å²) in [6.07, 6.45) is 6.04. The normalized spacial score (nSPS) is 23.4. The number of hydrogen-bond acceptors (Lipinski definition) is 3. The second-order valence-corrected chi connectivity index (χ2v) is 4.35. The zero-order valence-electron chi connectivity index (χ0n) is 9.85. The van der Waals surface area contributed by atoms with Crippen LogP contribution in [0.5, 0.6) is 0 Å². The highest BCUT2D eigenvalue weighted by Crippen LogP contribution is 2.19. The van der Waals surface area contributed by atoms with Crippen LogP contribution >= 0.6 is 0 Å². The van der Waals surface area contributed by atoms with Gasteiger partial charge in [0, 0.05) is 24.8 Å². The number of piperidine rings is 1. The van der Waals surface area contributed by atoms with Crippen molar-refractivity contribution >= 4 is 5.97 Å². The molecule has 1 fully saturated rings. The highest BCUT2D eigenvalue weighted by molar-refractivity contribution is 5.85. The van der Waals surface area contributed by atoms with Crippen LogP contribution in [0.1, 0.15) is 32.6 Å². The lowest BCUT2D eigenvalue weighted by molar-refractivity contribution is -0.132. The fraction of sp³-hybridized carbons (Fsp3) is 0.750. The Bertz CT molecular complexity index is 261. The van der Waals surface area contributed by atoms with Crippen LogP contribution in [0.15, 0.2) is 11.6 Å². The van der Waals surface area contributed by atoms with Crippen LogP contribution in [0.3, 0.4) is 0 Å². The first-order chi connectivity index (χ1) is 7.65. The third-order valence-corrected chi connectivity index (χ3v) is 3.18. The van der Waals surface area contributed by atoms with Crippen LogP contribution in [0.25, 0.3) is 0 Å². The van der Waals surface area contributed by atoms with Crippen LogP contribution in [-0.4, -0.2) is 46.8 Å². The number of hydrogen-bond donors (Lipinski definition) is 2. The van der Waals surface area contributed by atoms with Gasteiger partial charge in [-0.25, -0.2) is 4.79 Å². The van der Waals surface area contributed by atoms with Crippen molar-refractivity contribution in [3.63, 3.8) is 0 Å². The Kier molecular flexibility index (Phi) is 5.49. The topological polar surface area (TPSA) is 60.8 Å². The Morgan fingerprint density at radius 2 is 2.25 bits per heavy atom. The van der Waals surface area contributed by atoms with Gasteiger partial charge >= 0.3 is 5.97 Å². The number of rotatable bonds is 5. The van der Waals surface area contributed by atoms with Gasteiger partial charge in [0.1, 0.15) is 0 Å². The third kappa shape index (κ3) is 3.94. The van der Waals surface area contributed by atoms with Crippen molar-refractivity contribution in [3.05, 3.63) is 11.6 Å². The van der Waals surface area contributed by atoms with E-state index in [1.807, 2.05) is 0 Å². The SMILES string of the molecule is CC(=CCN1CCCCC1CCO)C(=O)O. The summed E-state index contributed by atoms with van der Waals surface area (Å²) in [5, 5.41) is 17.7. The molecule has 1 rings (SSSR count). The van der Waals surface area contributed by atoms with E-state index in [9.17, 15) is 4.79 Å². The van der Waals surface area contributed by atoms with E-state index >= 15 is 0 Å². The maximum Gasteiger partial charge on any atom is 0.330 e. The molecule has 0 spiro atoms. The highest BCUT2D eigenvalue weighted by atomic mass is 16.4. The Morgan fingerprint density at radius 3 is 2.88 bits per heavy atom. The predicted octanol–water partition coefficient (Wildman–Crippen LogP) is 1.25. The van der Waals surface area contributed by atoms with Gasteiger partial charge in [-0.1, -0.05) is 12.5 Å². The number of aliphatic hydroxyl groups excluding tert-OH is 1. The Hall–Kier alpha value is -0.870. The predicted molar refractivity (Wildman–Crippen MR) is 62.3 cm³/mol. The molecule has 1 saturated heterocycles. The summed E-state index contributed by atoms with van der Waals surface area (Å²) in [5.74, 6) is -0.851. The van der Waals surface area contributed by atoms with Crippen molar-refractivity contribution in [2.24, 2.45) is 0 Å². The number of carboxylic acids is 1. The summed E-state index contributed by atoms with van der Waals surface area (Å²) in [4.78, 5) is 12.9. The molecule has 1 aliphatic rings. The third-order valence-electron chi connectivity index (χ3n) is 3.18. The van der Waals surface area contributed by atoms with Crippen molar-refractivity contribution in [1.82, 2.24) is 4.90 Å². The highest BCUT2D eigenvalue weighted by Gasteiger charge is 2.20. The number of carboxylic acid groups (broad SMARTS) is 1. The van der Waals surface area contributed by atoms with E-state index in [2.05, 4.69) is 4.90 Å². The quantitative estimate of drug-likeness (QED) is 0.694. The monoisotopic (exact) mass is 227 g/mol. The lowest BCUT2D eigenvalue weighted by atomic mass is 9.99. The number of likely N-dealkylation sites (tertiary alicyclic amines) is 1. The summed E-state index contributed by atoms with van der Waals surface area (Å²) in [7, 11) is 0. The summed E-state index contributed by atoms with van der Waals surface area (Å²) in [5.41, 5.74) is 0.397. The standard InChI is InChI=1S/C12H21NO3/c1-10(12(15)16)5-8-13-7-3-2-4-11(13)6-9-14/h5,11,14H,2-4,6-9H2,1H3,(H,15,16).